The van der Waals surface area contributed by atoms with Gasteiger partial charge in [-0.2, -0.15) is 21.0 Å². The Bertz CT molecular complexity index is 2960. The lowest BCUT2D eigenvalue weighted by Crippen LogP contribution is -2.24. The number of fused-ring (bicyclic) bond motifs is 6. The smallest absolute Gasteiger partial charge is 0.196 e. The van der Waals surface area contributed by atoms with Crippen molar-refractivity contribution in [2.75, 3.05) is 0 Å². The average Bonchev–Trinajstić information content (AvgIpc) is 3.71. The van der Waals surface area contributed by atoms with E-state index in [0.29, 0.717) is 14.3 Å². The predicted octanol–water partition coefficient (Wildman–Crippen LogP) is 8.87. The first-order chi connectivity index (χ1) is 24.8. The van der Waals surface area contributed by atoms with Crippen molar-refractivity contribution in [2.45, 2.75) is 12.3 Å². The molecule has 0 aliphatic heterocycles. The second-order valence-electron chi connectivity index (χ2n) is 11.4. The van der Waals surface area contributed by atoms with Gasteiger partial charge in [-0.05, 0) is 96.5 Å². The summed E-state index contributed by atoms with van der Waals surface area (Å²) in [6, 6.07) is 16.2. The van der Waals surface area contributed by atoms with Crippen LogP contribution in [-0.4, -0.2) is 12.3 Å². The quantitative estimate of drug-likeness (QED) is 0.0562. The SMILES string of the molecule is N#CC(C#N)=c1c2oc3cc(-c4c(F)c(F)c(F)c(I)c4P)ccc3c2c(=C(C#N)C#N)c2oc3cc(C4=C(P)C(I)=C(P)C(F)C4F)ccc3c12. The maximum Gasteiger partial charge on any atom is 0.196 e. The van der Waals surface area contributed by atoms with Gasteiger partial charge in [-0.25, -0.2) is 22.0 Å². The van der Waals surface area contributed by atoms with Gasteiger partial charge in [0.2, 0.25) is 0 Å². The fourth-order valence-electron chi connectivity index (χ4n) is 6.44. The highest BCUT2D eigenvalue weighted by molar-refractivity contribution is 14.1. The molecule has 0 saturated carbocycles. The molecule has 2 heterocycles. The topological polar surface area (TPSA) is 121 Å². The van der Waals surface area contributed by atoms with E-state index in [1.54, 1.807) is 22.6 Å². The van der Waals surface area contributed by atoms with Crippen LogP contribution < -0.4 is 15.7 Å². The molecule has 6 aromatic rings. The van der Waals surface area contributed by atoms with E-state index in [1.807, 2.05) is 46.9 Å². The minimum absolute atomic E-state index is 0.0336. The van der Waals surface area contributed by atoms with Crippen molar-refractivity contribution in [1.29, 1.82) is 21.0 Å². The molecule has 5 unspecified atom stereocenters. The summed E-state index contributed by atoms with van der Waals surface area (Å²) in [6.07, 6.45) is -3.93. The van der Waals surface area contributed by atoms with Crippen LogP contribution in [0, 0.1) is 66.3 Å². The number of alkyl halides is 2. The van der Waals surface area contributed by atoms with Crippen LogP contribution in [0.25, 0.3) is 71.7 Å². The van der Waals surface area contributed by atoms with Gasteiger partial charge in [0.1, 0.15) is 57.8 Å². The number of rotatable bonds is 2. The van der Waals surface area contributed by atoms with Gasteiger partial charge >= 0.3 is 0 Å². The van der Waals surface area contributed by atoms with Crippen LogP contribution in [0.1, 0.15) is 5.56 Å². The van der Waals surface area contributed by atoms with E-state index in [4.69, 9.17) is 8.83 Å². The number of furan rings is 2. The van der Waals surface area contributed by atoms with E-state index >= 15 is 8.78 Å². The summed E-state index contributed by atoms with van der Waals surface area (Å²) >= 11 is 3.49. The third kappa shape index (κ3) is 5.20. The van der Waals surface area contributed by atoms with Gasteiger partial charge in [-0.1, -0.05) is 12.1 Å². The molecule has 0 saturated heterocycles. The Morgan fingerprint density at radius 1 is 0.673 bits per heavy atom. The Balaban J connectivity index is 1.66. The summed E-state index contributed by atoms with van der Waals surface area (Å²) < 4.78 is 87.5. The van der Waals surface area contributed by atoms with Crippen molar-refractivity contribution in [3.05, 3.63) is 87.6 Å². The van der Waals surface area contributed by atoms with Crippen molar-refractivity contribution in [1.82, 2.24) is 0 Å². The van der Waals surface area contributed by atoms with E-state index in [0.717, 1.165) is 0 Å². The zero-order valence-electron chi connectivity index (χ0n) is 25.6. The highest BCUT2D eigenvalue weighted by Crippen LogP contribution is 2.47. The maximum atomic E-state index is 15.5. The summed E-state index contributed by atoms with van der Waals surface area (Å²) in [4.78, 5) is 0. The standard InChI is InChI=1S/C36H14F5I2N4O2P3/c37-25-21(34(50)30(42)28(40)27(25)39)11-1-3-15-17(5-11)48-32-20(14(9-46)10-47)24-16-4-2-12(22-26(38)29(41)36(52)31(43)35(22)51)6-18(16)49-33(24)19(23(15)32)13(7-44)8-45/h1-6,26,29H,50-52H2. The van der Waals surface area contributed by atoms with Gasteiger partial charge in [-0.15, -0.1) is 27.7 Å². The number of hydrogen-bond donors (Lipinski definition) is 0. The second kappa shape index (κ2) is 13.5. The molecule has 5 atom stereocenters. The first-order valence-corrected chi connectivity index (χ1v) is 18.5. The molecule has 7 rings (SSSR count). The molecule has 16 heteroatoms. The van der Waals surface area contributed by atoms with E-state index in [-0.39, 0.29) is 85.4 Å². The van der Waals surface area contributed by atoms with Crippen LogP contribution in [0.5, 0.6) is 0 Å². The summed E-state index contributed by atoms with van der Waals surface area (Å²) in [7, 11) is 6.86. The molecule has 254 valence electrons. The molecule has 0 bridgehead atoms. The number of nitrogens with zero attached hydrogens (tertiary/aromatic N) is 4. The maximum absolute atomic E-state index is 15.5. The molecule has 0 radical (unpaired) electrons. The zero-order valence-corrected chi connectivity index (χ0v) is 33.4. The minimum atomic E-state index is -2.01. The summed E-state index contributed by atoms with van der Waals surface area (Å²) in [6.45, 7) is 0. The van der Waals surface area contributed by atoms with Crippen LogP contribution in [0.2, 0.25) is 0 Å². The second-order valence-corrected chi connectivity index (χ2v) is 15.4. The van der Waals surface area contributed by atoms with Crippen molar-refractivity contribution in [2.24, 2.45) is 0 Å². The molecule has 6 nitrogen and oxygen atoms in total. The van der Waals surface area contributed by atoms with Crippen LogP contribution in [-0.2, 0) is 0 Å². The van der Waals surface area contributed by atoms with Crippen molar-refractivity contribution < 1.29 is 30.8 Å². The largest absolute Gasteiger partial charge is 0.455 e. The van der Waals surface area contributed by atoms with E-state index in [2.05, 4.69) is 27.7 Å². The van der Waals surface area contributed by atoms with Crippen LogP contribution in [0.15, 0.2) is 59.4 Å². The van der Waals surface area contributed by atoms with Gasteiger partial charge in [0.25, 0.3) is 0 Å². The predicted molar refractivity (Wildman–Crippen MR) is 214 cm³/mol. The van der Waals surface area contributed by atoms with Crippen LogP contribution >= 0.6 is 72.9 Å². The molecule has 4 aromatic carbocycles. The molecule has 0 N–H and O–H groups in total. The molecule has 2 aromatic heterocycles. The van der Waals surface area contributed by atoms with Crippen molar-refractivity contribution in [3.8, 4) is 35.4 Å². The van der Waals surface area contributed by atoms with Gasteiger partial charge in [0, 0.05) is 36.3 Å². The van der Waals surface area contributed by atoms with E-state index in [1.165, 1.54) is 36.4 Å². The molecule has 52 heavy (non-hydrogen) atoms. The zero-order chi connectivity index (χ0) is 37.5. The first-order valence-electron chi connectivity index (χ1n) is 14.6. The minimum Gasteiger partial charge on any atom is -0.455 e. The van der Waals surface area contributed by atoms with Crippen LogP contribution in [0.4, 0.5) is 22.0 Å². The highest BCUT2D eigenvalue weighted by Gasteiger charge is 2.35. The Kier molecular flexibility index (Phi) is 9.44. The number of hydrogen-bond acceptors (Lipinski definition) is 6. The molecule has 0 amide bonds. The summed E-state index contributed by atoms with van der Waals surface area (Å²) in [5.41, 5.74) is -0.674. The molecule has 1 aliphatic carbocycles. The van der Waals surface area contributed by atoms with Crippen molar-refractivity contribution >= 4 is 139 Å². The first kappa shape index (κ1) is 36.4. The lowest BCUT2D eigenvalue weighted by atomic mass is 9.93. The Labute approximate surface area is 323 Å². The third-order valence-electron chi connectivity index (χ3n) is 8.79. The average molecular weight is 976 g/mol. The summed E-state index contributed by atoms with van der Waals surface area (Å²) in [5.74, 6) is -4.45. The van der Waals surface area contributed by atoms with Crippen LogP contribution in [0.3, 0.4) is 0 Å². The highest BCUT2D eigenvalue weighted by atomic mass is 127. The van der Waals surface area contributed by atoms with Gasteiger partial charge in [-0.3, -0.25) is 0 Å². The number of allylic oxidation sites excluding steroid dienone is 4. The Hall–Kier alpha value is -3.94. The Morgan fingerprint density at radius 2 is 1.15 bits per heavy atom. The molecule has 1 aliphatic rings. The lowest BCUT2D eigenvalue weighted by Gasteiger charge is -2.26. The molecular weight excluding hydrogens is 962 g/mol. The normalized spacial score (nSPS) is 16.0. The third-order valence-corrected chi connectivity index (χ3v) is 14.6. The fraction of sp³-hybridized carbons (Fsp3) is 0.0556. The Morgan fingerprint density at radius 3 is 1.65 bits per heavy atom. The number of nitriles is 4. The summed E-state index contributed by atoms with van der Waals surface area (Å²) in [5, 5.41) is 41.9. The monoisotopic (exact) mass is 976 g/mol. The number of halogens is 7. The molecule has 0 fully saturated rings. The lowest BCUT2D eigenvalue weighted by molar-refractivity contribution is 0.250. The van der Waals surface area contributed by atoms with E-state index < -0.39 is 40.9 Å². The molecular formula is C36H14F5I2N4O2P3. The van der Waals surface area contributed by atoms with Crippen molar-refractivity contribution in [3.63, 3.8) is 0 Å². The van der Waals surface area contributed by atoms with Gasteiger partial charge in [0.15, 0.2) is 29.8 Å². The van der Waals surface area contributed by atoms with E-state index in [9.17, 15) is 34.2 Å². The number of benzene rings is 4. The molecule has 0 spiro atoms. The van der Waals surface area contributed by atoms with Gasteiger partial charge in [0.05, 0.1) is 14.0 Å². The fourth-order valence-corrected chi connectivity index (χ4v) is 8.93. The van der Waals surface area contributed by atoms with Gasteiger partial charge < -0.3 is 8.83 Å².